The molecule has 12 heteroatoms. The standard InChI is InChI=1S/C26H28F6N6/c1-15-20-7-4-3-6-17(20)12-21-22(8-5-9-33-23(15)21)38(24-34-36-37(2)35-24)14-16-10-18(25(27,28)29)13-19(11-16)26(30,31)32/h10-13,22,33H,3-9,14H2,1-2H3/t22-/m0/s1. The molecule has 2 aromatic carbocycles. The first-order chi connectivity index (χ1) is 17.9. The summed E-state index contributed by atoms with van der Waals surface area (Å²) in [5.74, 6) is 0.145. The van der Waals surface area contributed by atoms with Crippen molar-refractivity contribution in [2.45, 2.75) is 70.4 Å². The van der Waals surface area contributed by atoms with Gasteiger partial charge in [0, 0.05) is 18.8 Å². The van der Waals surface area contributed by atoms with Gasteiger partial charge in [0.1, 0.15) is 0 Å². The van der Waals surface area contributed by atoms with Gasteiger partial charge in [-0.1, -0.05) is 11.2 Å². The molecule has 0 spiro atoms. The first-order valence-electron chi connectivity index (χ1n) is 12.6. The van der Waals surface area contributed by atoms with Crippen LogP contribution in [-0.2, 0) is 38.8 Å². The van der Waals surface area contributed by atoms with E-state index in [0.717, 1.165) is 61.1 Å². The largest absolute Gasteiger partial charge is 0.416 e. The second kappa shape index (κ2) is 9.77. The number of benzene rings is 2. The molecule has 3 aromatic rings. The summed E-state index contributed by atoms with van der Waals surface area (Å²) in [6.45, 7) is 2.53. The molecule has 1 aromatic heterocycles. The quantitative estimate of drug-likeness (QED) is 0.390. The van der Waals surface area contributed by atoms with Crippen molar-refractivity contribution >= 4 is 11.6 Å². The molecule has 0 unspecified atom stereocenters. The number of anilines is 2. The van der Waals surface area contributed by atoms with Crippen molar-refractivity contribution in [3.05, 3.63) is 63.2 Å². The lowest BCUT2D eigenvalue weighted by Gasteiger charge is -2.33. The molecule has 1 aliphatic carbocycles. The van der Waals surface area contributed by atoms with Crippen LogP contribution in [0, 0.1) is 6.92 Å². The number of alkyl halides is 6. The summed E-state index contributed by atoms with van der Waals surface area (Å²) in [6, 6.07) is 3.46. The summed E-state index contributed by atoms with van der Waals surface area (Å²) in [4.78, 5) is 2.91. The summed E-state index contributed by atoms with van der Waals surface area (Å²) in [6.07, 6.45) is -4.39. The van der Waals surface area contributed by atoms with E-state index in [1.807, 2.05) is 0 Å². The number of halogens is 6. The van der Waals surface area contributed by atoms with Crippen LogP contribution in [0.1, 0.15) is 70.7 Å². The van der Waals surface area contributed by atoms with Crippen LogP contribution in [0.5, 0.6) is 0 Å². The van der Waals surface area contributed by atoms with Gasteiger partial charge in [0.25, 0.3) is 5.95 Å². The van der Waals surface area contributed by atoms with Crippen LogP contribution in [0.15, 0.2) is 24.3 Å². The second-order valence-corrected chi connectivity index (χ2v) is 10.0. The van der Waals surface area contributed by atoms with Crippen molar-refractivity contribution < 1.29 is 26.3 Å². The molecule has 5 rings (SSSR count). The molecule has 38 heavy (non-hydrogen) atoms. The zero-order chi connectivity index (χ0) is 27.2. The van der Waals surface area contributed by atoms with Crippen molar-refractivity contribution in [1.82, 2.24) is 20.2 Å². The van der Waals surface area contributed by atoms with Crippen molar-refractivity contribution in [2.75, 3.05) is 16.8 Å². The van der Waals surface area contributed by atoms with Crippen LogP contribution < -0.4 is 10.2 Å². The minimum Gasteiger partial charge on any atom is -0.385 e. The molecule has 6 nitrogen and oxygen atoms in total. The van der Waals surface area contributed by atoms with Crippen LogP contribution in [-0.4, -0.2) is 26.8 Å². The van der Waals surface area contributed by atoms with Gasteiger partial charge in [0.05, 0.1) is 24.2 Å². The van der Waals surface area contributed by atoms with Gasteiger partial charge in [-0.25, -0.2) is 0 Å². The van der Waals surface area contributed by atoms with Crippen molar-refractivity contribution in [2.24, 2.45) is 7.05 Å². The lowest BCUT2D eigenvalue weighted by molar-refractivity contribution is -0.143. The van der Waals surface area contributed by atoms with Gasteiger partial charge >= 0.3 is 12.4 Å². The number of aryl methyl sites for hydroxylation is 2. The summed E-state index contributed by atoms with van der Waals surface area (Å²) in [7, 11) is 1.56. The molecule has 0 amide bonds. The highest BCUT2D eigenvalue weighted by Crippen LogP contribution is 2.43. The Bertz CT molecular complexity index is 1300. The maximum absolute atomic E-state index is 13.6. The Hall–Kier alpha value is -3.31. The van der Waals surface area contributed by atoms with Crippen LogP contribution in [0.4, 0.5) is 38.0 Å². The van der Waals surface area contributed by atoms with E-state index in [0.29, 0.717) is 13.0 Å². The number of rotatable bonds is 4. The third-order valence-corrected chi connectivity index (χ3v) is 7.40. The van der Waals surface area contributed by atoms with Gasteiger partial charge < -0.3 is 10.2 Å². The van der Waals surface area contributed by atoms with Gasteiger partial charge in [0.2, 0.25) is 0 Å². The Morgan fingerprint density at radius 2 is 1.66 bits per heavy atom. The molecule has 1 aliphatic heterocycles. The minimum absolute atomic E-state index is 0.131. The average Bonchev–Trinajstić information content (AvgIpc) is 3.17. The molecule has 2 aliphatic rings. The van der Waals surface area contributed by atoms with Crippen molar-refractivity contribution in [3.8, 4) is 0 Å². The smallest absolute Gasteiger partial charge is 0.385 e. The monoisotopic (exact) mass is 538 g/mol. The molecule has 0 fully saturated rings. The maximum Gasteiger partial charge on any atom is 0.416 e. The van der Waals surface area contributed by atoms with Crippen LogP contribution in [0.3, 0.4) is 0 Å². The zero-order valence-electron chi connectivity index (χ0n) is 21.0. The van der Waals surface area contributed by atoms with Gasteiger partial charge in [-0.3, -0.25) is 0 Å². The summed E-state index contributed by atoms with van der Waals surface area (Å²) in [5, 5.41) is 15.8. The van der Waals surface area contributed by atoms with Crippen LogP contribution in [0.2, 0.25) is 0 Å². The average molecular weight is 539 g/mol. The topological polar surface area (TPSA) is 58.9 Å². The molecular formula is C26H28F6N6. The summed E-state index contributed by atoms with van der Waals surface area (Å²) < 4.78 is 81.5. The molecule has 0 radical (unpaired) electrons. The first kappa shape index (κ1) is 26.3. The van der Waals surface area contributed by atoms with E-state index in [1.54, 1.807) is 11.9 Å². The van der Waals surface area contributed by atoms with E-state index in [2.05, 4.69) is 33.7 Å². The molecule has 204 valence electrons. The number of hydrogen-bond donors (Lipinski definition) is 1. The number of hydrogen-bond acceptors (Lipinski definition) is 5. The van der Waals surface area contributed by atoms with E-state index >= 15 is 0 Å². The molecular weight excluding hydrogens is 510 g/mol. The van der Waals surface area contributed by atoms with Crippen LogP contribution in [0.25, 0.3) is 0 Å². The van der Waals surface area contributed by atoms with E-state index < -0.39 is 23.5 Å². The number of nitrogens with one attached hydrogen (secondary N) is 1. The maximum atomic E-state index is 13.6. The Balaban J connectivity index is 1.64. The Kier molecular flexibility index (Phi) is 6.77. The number of fused-ring (bicyclic) bond motifs is 2. The fourth-order valence-corrected chi connectivity index (χ4v) is 5.65. The minimum atomic E-state index is -4.93. The predicted octanol–water partition coefficient (Wildman–Crippen LogP) is 6.39. The number of nitrogens with zero attached hydrogens (tertiary/aromatic N) is 5. The lowest BCUT2D eigenvalue weighted by Crippen LogP contribution is -2.30. The third-order valence-electron chi connectivity index (χ3n) is 7.40. The lowest BCUT2D eigenvalue weighted by atomic mass is 9.84. The highest BCUT2D eigenvalue weighted by Gasteiger charge is 2.38. The van der Waals surface area contributed by atoms with Crippen molar-refractivity contribution in [1.29, 1.82) is 0 Å². The second-order valence-electron chi connectivity index (χ2n) is 10.0. The van der Waals surface area contributed by atoms with E-state index in [9.17, 15) is 26.3 Å². The zero-order valence-corrected chi connectivity index (χ0v) is 21.0. The van der Waals surface area contributed by atoms with E-state index in [-0.39, 0.29) is 30.2 Å². The van der Waals surface area contributed by atoms with Gasteiger partial charge in [0.15, 0.2) is 0 Å². The normalized spacial score (nSPS) is 17.8. The van der Waals surface area contributed by atoms with E-state index in [4.69, 9.17) is 0 Å². The molecule has 1 atom stereocenters. The molecule has 0 saturated heterocycles. The molecule has 0 bridgehead atoms. The Morgan fingerprint density at radius 3 is 2.29 bits per heavy atom. The predicted molar refractivity (Wildman–Crippen MR) is 130 cm³/mol. The van der Waals surface area contributed by atoms with E-state index in [1.165, 1.54) is 15.9 Å². The van der Waals surface area contributed by atoms with Gasteiger partial charge in [-0.05, 0) is 96.7 Å². The highest BCUT2D eigenvalue weighted by atomic mass is 19.4. The van der Waals surface area contributed by atoms with Gasteiger partial charge in [-0.15, -0.1) is 5.10 Å². The Labute approximate surface area is 216 Å². The van der Waals surface area contributed by atoms with Crippen molar-refractivity contribution in [3.63, 3.8) is 0 Å². The molecule has 2 heterocycles. The van der Waals surface area contributed by atoms with Crippen LogP contribution >= 0.6 is 0 Å². The molecule has 1 N–H and O–H groups in total. The van der Waals surface area contributed by atoms with Gasteiger partial charge in [-0.2, -0.15) is 31.1 Å². The fourth-order valence-electron chi connectivity index (χ4n) is 5.65. The highest BCUT2D eigenvalue weighted by molar-refractivity contribution is 5.65. The fraction of sp³-hybridized carbons (Fsp3) is 0.500. The first-order valence-corrected chi connectivity index (χ1v) is 12.6. The summed E-state index contributed by atoms with van der Waals surface area (Å²) in [5.41, 5.74) is 2.82. The summed E-state index contributed by atoms with van der Waals surface area (Å²) >= 11 is 0. The third kappa shape index (κ3) is 5.17. The number of tetrazole rings is 1. The SMILES string of the molecule is Cc1c2c(cc3c1NCCC[C@@H]3N(Cc1cc(C(F)(F)F)cc(C(F)(F)F)c1)c1nnn(C)n1)CCCC2. The Morgan fingerprint density at radius 1 is 0.974 bits per heavy atom. The molecule has 0 saturated carbocycles. The number of aromatic nitrogens is 4.